The molecule has 8 heteroatoms. The molecule has 0 saturated carbocycles. The minimum absolute atomic E-state index is 0.0205. The number of benzene rings is 2. The first kappa shape index (κ1) is 16.8. The number of nitro benzene ring substituents is 1. The van der Waals surface area contributed by atoms with Gasteiger partial charge in [0.2, 0.25) is 0 Å². The molecule has 0 aliphatic heterocycles. The number of hydrogen-bond acceptors (Lipinski definition) is 5. The van der Waals surface area contributed by atoms with E-state index >= 15 is 0 Å². The second kappa shape index (κ2) is 7.62. The van der Waals surface area contributed by atoms with Gasteiger partial charge in [-0.05, 0) is 46.5 Å². The first-order chi connectivity index (χ1) is 10.5. The molecule has 0 atom stereocenters. The maximum absolute atomic E-state index is 11.3. The summed E-state index contributed by atoms with van der Waals surface area (Å²) in [6, 6.07) is 12.5. The van der Waals surface area contributed by atoms with E-state index in [0.717, 1.165) is 10.6 Å². The van der Waals surface area contributed by atoms with E-state index in [9.17, 15) is 10.1 Å². The van der Waals surface area contributed by atoms with Crippen LogP contribution in [-0.2, 0) is 0 Å². The van der Waals surface area contributed by atoms with E-state index < -0.39 is 4.92 Å². The number of thioether (sulfide) groups is 1. The van der Waals surface area contributed by atoms with Gasteiger partial charge in [-0.15, -0.1) is 11.8 Å². The Bertz CT molecular complexity index is 726. The first-order valence-corrected chi connectivity index (χ1v) is 8.49. The van der Waals surface area contributed by atoms with Gasteiger partial charge in [-0.1, -0.05) is 29.8 Å². The lowest BCUT2D eigenvalue weighted by Crippen LogP contribution is -2.03. The Morgan fingerprint density at radius 1 is 1.36 bits per heavy atom. The predicted molar refractivity (Wildman–Crippen MR) is 95.0 cm³/mol. The highest BCUT2D eigenvalue weighted by Gasteiger charge is 2.22. The highest BCUT2D eigenvalue weighted by molar-refractivity contribution is 9.10. The highest BCUT2D eigenvalue weighted by Crippen LogP contribution is 2.34. The Morgan fingerprint density at radius 2 is 2.05 bits per heavy atom. The molecule has 5 nitrogen and oxygen atoms in total. The molecule has 0 aliphatic rings. The molecular weight excluding hydrogens is 390 g/mol. The number of rotatable bonds is 5. The zero-order valence-corrected chi connectivity index (χ0v) is 14.6. The molecule has 1 N–H and O–H groups in total. The minimum Gasteiger partial charge on any atom is -0.277 e. The standard InChI is InChI=1S/C14H11BrClN3O2S/c1-22-10-7-11(13(19(20)21)12(15)8-10)14(16)18-17-9-5-3-2-4-6-9/h2-8,17H,1H3. The van der Waals surface area contributed by atoms with Gasteiger partial charge in [0.1, 0.15) is 0 Å². The van der Waals surface area contributed by atoms with Crippen LogP contribution in [0.5, 0.6) is 0 Å². The first-order valence-electron chi connectivity index (χ1n) is 6.09. The van der Waals surface area contributed by atoms with Gasteiger partial charge >= 0.3 is 0 Å². The van der Waals surface area contributed by atoms with E-state index in [0.29, 0.717) is 4.47 Å². The fourth-order valence-corrected chi connectivity index (χ4v) is 3.14. The SMILES string of the molecule is CSc1cc(Br)c([N+](=O)[O-])c(C(Cl)=NNc2ccccc2)c1. The van der Waals surface area contributed by atoms with E-state index in [1.807, 2.05) is 36.6 Å². The molecule has 22 heavy (non-hydrogen) atoms. The number of para-hydroxylation sites is 1. The summed E-state index contributed by atoms with van der Waals surface area (Å²) in [6.45, 7) is 0. The van der Waals surface area contributed by atoms with Crippen molar-refractivity contribution in [3.63, 3.8) is 0 Å². The molecule has 2 aromatic carbocycles. The zero-order chi connectivity index (χ0) is 16.1. The summed E-state index contributed by atoms with van der Waals surface area (Å²) in [6.07, 6.45) is 1.88. The van der Waals surface area contributed by atoms with Crippen LogP contribution in [0.2, 0.25) is 0 Å². The molecule has 114 valence electrons. The number of hydrazone groups is 1. The number of hydrogen-bond donors (Lipinski definition) is 1. The maximum Gasteiger partial charge on any atom is 0.293 e. The Labute approximate surface area is 145 Å². The summed E-state index contributed by atoms with van der Waals surface area (Å²) in [5, 5.41) is 15.3. The lowest BCUT2D eigenvalue weighted by molar-refractivity contribution is -0.385. The Hall–Kier alpha value is -1.57. The van der Waals surface area contributed by atoms with Crippen LogP contribution in [0, 0.1) is 10.1 Å². The van der Waals surface area contributed by atoms with Crippen molar-refractivity contribution in [1.29, 1.82) is 0 Å². The molecule has 0 saturated heterocycles. The molecule has 2 aromatic rings. The minimum atomic E-state index is -0.482. The van der Waals surface area contributed by atoms with Crippen LogP contribution in [-0.4, -0.2) is 16.3 Å². The number of anilines is 1. The molecule has 0 spiro atoms. The zero-order valence-electron chi connectivity index (χ0n) is 11.4. The molecular formula is C14H11BrClN3O2S. The summed E-state index contributed by atoms with van der Waals surface area (Å²) in [5.41, 5.74) is 3.66. The van der Waals surface area contributed by atoms with Gasteiger partial charge in [-0.3, -0.25) is 15.5 Å². The van der Waals surface area contributed by atoms with Crippen molar-refractivity contribution in [1.82, 2.24) is 0 Å². The van der Waals surface area contributed by atoms with Gasteiger partial charge in [0.15, 0.2) is 5.17 Å². The van der Waals surface area contributed by atoms with E-state index in [4.69, 9.17) is 11.6 Å². The smallest absolute Gasteiger partial charge is 0.277 e. The van der Waals surface area contributed by atoms with Crippen molar-refractivity contribution in [2.45, 2.75) is 4.90 Å². The third-order valence-electron chi connectivity index (χ3n) is 2.73. The van der Waals surface area contributed by atoms with Crippen LogP contribution in [0.25, 0.3) is 0 Å². The van der Waals surface area contributed by atoms with Crippen molar-refractivity contribution in [2.24, 2.45) is 5.10 Å². The van der Waals surface area contributed by atoms with Crippen LogP contribution in [0.4, 0.5) is 11.4 Å². The highest BCUT2D eigenvalue weighted by atomic mass is 79.9. The van der Waals surface area contributed by atoms with Gasteiger partial charge < -0.3 is 0 Å². The van der Waals surface area contributed by atoms with Crippen LogP contribution >= 0.6 is 39.3 Å². The second-order valence-electron chi connectivity index (χ2n) is 4.14. The average Bonchev–Trinajstić information content (AvgIpc) is 2.52. The van der Waals surface area contributed by atoms with Crippen LogP contribution in [0.1, 0.15) is 5.56 Å². The molecule has 0 unspecified atom stereocenters. The molecule has 0 heterocycles. The van der Waals surface area contributed by atoms with Crippen molar-refractivity contribution in [2.75, 3.05) is 11.7 Å². The maximum atomic E-state index is 11.3. The van der Waals surface area contributed by atoms with Gasteiger partial charge in [0.05, 0.1) is 20.6 Å². The summed E-state index contributed by atoms with van der Waals surface area (Å²) in [4.78, 5) is 11.6. The fourth-order valence-electron chi connectivity index (χ4n) is 1.72. The molecule has 0 aromatic heterocycles. The summed E-state index contributed by atoms with van der Waals surface area (Å²) >= 11 is 10.8. The van der Waals surface area contributed by atoms with Gasteiger partial charge in [0, 0.05) is 4.90 Å². The molecule has 0 radical (unpaired) electrons. The van der Waals surface area contributed by atoms with Crippen molar-refractivity contribution in [3.8, 4) is 0 Å². The fraction of sp³-hybridized carbons (Fsp3) is 0.0714. The van der Waals surface area contributed by atoms with Crippen molar-refractivity contribution < 1.29 is 4.92 Å². The van der Waals surface area contributed by atoms with Gasteiger partial charge in [-0.2, -0.15) is 5.10 Å². The summed E-state index contributed by atoms with van der Waals surface area (Å²) < 4.78 is 0.368. The Balaban J connectivity index is 2.41. The topological polar surface area (TPSA) is 67.5 Å². The third-order valence-corrected chi connectivity index (χ3v) is 4.33. The lowest BCUT2D eigenvalue weighted by Gasteiger charge is -2.06. The lowest BCUT2D eigenvalue weighted by atomic mass is 10.2. The normalized spacial score (nSPS) is 11.3. The van der Waals surface area contributed by atoms with Crippen molar-refractivity contribution >= 4 is 55.8 Å². The summed E-state index contributed by atoms with van der Waals surface area (Å²) in [5.74, 6) is 0. The van der Waals surface area contributed by atoms with E-state index in [-0.39, 0.29) is 16.4 Å². The van der Waals surface area contributed by atoms with E-state index in [1.165, 1.54) is 11.8 Å². The predicted octanol–water partition coefficient (Wildman–Crippen LogP) is 5.09. The molecule has 0 aliphatic carbocycles. The number of nitro groups is 1. The van der Waals surface area contributed by atoms with Gasteiger partial charge in [-0.25, -0.2) is 0 Å². The number of nitrogens with one attached hydrogen (secondary N) is 1. The van der Waals surface area contributed by atoms with E-state index in [1.54, 1.807) is 12.1 Å². The molecule has 0 amide bonds. The van der Waals surface area contributed by atoms with Crippen LogP contribution in [0.3, 0.4) is 0 Å². The molecule has 0 bridgehead atoms. The number of halogens is 2. The van der Waals surface area contributed by atoms with E-state index in [2.05, 4.69) is 26.5 Å². The third kappa shape index (κ3) is 4.00. The summed E-state index contributed by atoms with van der Waals surface area (Å²) in [7, 11) is 0. The number of nitrogens with zero attached hydrogens (tertiary/aromatic N) is 2. The van der Waals surface area contributed by atoms with Crippen LogP contribution in [0.15, 0.2) is 56.9 Å². The molecule has 0 fully saturated rings. The second-order valence-corrected chi connectivity index (χ2v) is 6.23. The molecule has 2 rings (SSSR count). The largest absolute Gasteiger partial charge is 0.293 e. The monoisotopic (exact) mass is 399 g/mol. The van der Waals surface area contributed by atoms with Crippen LogP contribution < -0.4 is 5.43 Å². The average molecular weight is 401 g/mol. The van der Waals surface area contributed by atoms with Gasteiger partial charge in [0.25, 0.3) is 5.69 Å². The Morgan fingerprint density at radius 3 is 2.64 bits per heavy atom. The Kier molecular flexibility index (Phi) is 5.82. The van der Waals surface area contributed by atoms with Crippen molar-refractivity contribution in [3.05, 3.63) is 62.6 Å². The quantitative estimate of drug-likeness (QED) is 0.328.